The molecule has 2 fully saturated rings. The van der Waals surface area contributed by atoms with Gasteiger partial charge in [0.1, 0.15) is 6.04 Å². The summed E-state index contributed by atoms with van der Waals surface area (Å²) in [6, 6.07) is -0.794. The molecule has 2 rings (SSSR count). The highest BCUT2D eigenvalue weighted by molar-refractivity contribution is 5.74. The van der Waals surface area contributed by atoms with Gasteiger partial charge in [0.2, 0.25) is 5.91 Å². The SMILES string of the molecule is CC(=O)N[C@@H]1[C@@H](OC(C)=O)[C@@H](OC(C)=O)[C@@H](OC(C)=O)[C@@]12CO2. The normalized spacial score (nSPS) is 34.6. The molecule has 9 nitrogen and oxygen atoms in total. The maximum atomic E-state index is 11.5. The predicted octanol–water partition coefficient (Wildman–Crippen LogP) is -0.931. The monoisotopic (exact) mass is 329 g/mol. The van der Waals surface area contributed by atoms with Crippen molar-refractivity contribution in [2.45, 2.75) is 57.6 Å². The largest absolute Gasteiger partial charge is 0.456 e. The molecule has 0 aromatic heterocycles. The van der Waals surface area contributed by atoms with Crippen molar-refractivity contribution in [1.82, 2.24) is 5.32 Å². The van der Waals surface area contributed by atoms with E-state index in [9.17, 15) is 19.2 Å². The lowest BCUT2D eigenvalue weighted by Crippen LogP contribution is -2.51. The van der Waals surface area contributed by atoms with E-state index in [1.165, 1.54) is 27.7 Å². The summed E-state index contributed by atoms with van der Waals surface area (Å²) < 4.78 is 21.1. The number of epoxide rings is 1. The summed E-state index contributed by atoms with van der Waals surface area (Å²) in [5, 5.41) is 2.63. The molecule has 128 valence electrons. The Morgan fingerprint density at radius 3 is 1.78 bits per heavy atom. The zero-order chi connectivity index (χ0) is 17.4. The Hall–Kier alpha value is -2.16. The molecule has 2 aliphatic rings. The van der Waals surface area contributed by atoms with E-state index in [0.717, 1.165) is 0 Å². The molecule has 1 heterocycles. The maximum Gasteiger partial charge on any atom is 0.303 e. The van der Waals surface area contributed by atoms with Crippen LogP contribution < -0.4 is 5.32 Å². The van der Waals surface area contributed by atoms with Gasteiger partial charge in [-0.1, -0.05) is 0 Å². The fourth-order valence-corrected chi connectivity index (χ4v) is 2.94. The number of hydrogen-bond acceptors (Lipinski definition) is 8. The quantitative estimate of drug-likeness (QED) is 0.399. The lowest BCUT2D eigenvalue weighted by Gasteiger charge is -2.25. The third-order valence-corrected chi connectivity index (χ3v) is 3.69. The van der Waals surface area contributed by atoms with Crippen LogP contribution in [-0.2, 0) is 38.1 Å². The Morgan fingerprint density at radius 2 is 1.39 bits per heavy atom. The lowest BCUT2D eigenvalue weighted by atomic mass is 10.0. The van der Waals surface area contributed by atoms with Crippen LogP contribution in [-0.4, -0.2) is 60.4 Å². The van der Waals surface area contributed by atoms with Gasteiger partial charge in [0.15, 0.2) is 23.9 Å². The number of amides is 1. The third kappa shape index (κ3) is 3.44. The fourth-order valence-electron chi connectivity index (χ4n) is 2.94. The number of ether oxygens (including phenoxy) is 4. The van der Waals surface area contributed by atoms with Gasteiger partial charge in [0, 0.05) is 27.7 Å². The fraction of sp³-hybridized carbons (Fsp3) is 0.714. The summed E-state index contributed by atoms with van der Waals surface area (Å²) in [6.45, 7) is 5.04. The molecule has 1 saturated heterocycles. The van der Waals surface area contributed by atoms with E-state index in [1.54, 1.807) is 0 Å². The van der Waals surface area contributed by atoms with Gasteiger partial charge in [-0.25, -0.2) is 0 Å². The molecule has 0 unspecified atom stereocenters. The third-order valence-electron chi connectivity index (χ3n) is 3.69. The molecule has 0 bridgehead atoms. The molecule has 0 aromatic rings. The Bertz CT molecular complexity index is 497. The van der Waals surface area contributed by atoms with Crippen LogP contribution in [0.5, 0.6) is 0 Å². The van der Waals surface area contributed by atoms with E-state index in [4.69, 9.17) is 18.9 Å². The van der Waals surface area contributed by atoms with Crippen LogP contribution in [0.15, 0.2) is 0 Å². The molecule has 1 amide bonds. The molecule has 0 radical (unpaired) electrons. The molecule has 1 spiro atoms. The first-order valence-corrected chi connectivity index (χ1v) is 7.10. The number of esters is 3. The van der Waals surface area contributed by atoms with Crippen molar-refractivity contribution in [2.24, 2.45) is 0 Å². The first-order valence-electron chi connectivity index (χ1n) is 7.10. The Labute approximate surface area is 132 Å². The van der Waals surface area contributed by atoms with Gasteiger partial charge in [0.25, 0.3) is 0 Å². The van der Waals surface area contributed by atoms with Gasteiger partial charge >= 0.3 is 17.9 Å². The second kappa shape index (κ2) is 6.15. The van der Waals surface area contributed by atoms with Crippen molar-refractivity contribution in [3.05, 3.63) is 0 Å². The van der Waals surface area contributed by atoms with Gasteiger partial charge in [-0.2, -0.15) is 0 Å². The van der Waals surface area contributed by atoms with Crippen LogP contribution in [0, 0.1) is 0 Å². The van der Waals surface area contributed by atoms with Crippen molar-refractivity contribution in [1.29, 1.82) is 0 Å². The van der Waals surface area contributed by atoms with Gasteiger partial charge < -0.3 is 24.3 Å². The van der Waals surface area contributed by atoms with Crippen LogP contribution in [0.3, 0.4) is 0 Å². The predicted molar refractivity (Wildman–Crippen MR) is 72.9 cm³/mol. The highest BCUT2D eigenvalue weighted by atomic mass is 16.7. The minimum Gasteiger partial charge on any atom is -0.456 e. The molecule has 1 aliphatic carbocycles. The number of nitrogens with one attached hydrogen (secondary N) is 1. The van der Waals surface area contributed by atoms with E-state index < -0.39 is 47.9 Å². The number of carbonyl (C=O) groups excluding carboxylic acids is 4. The summed E-state index contributed by atoms with van der Waals surface area (Å²) in [4.78, 5) is 45.7. The number of rotatable bonds is 4. The van der Waals surface area contributed by atoms with Gasteiger partial charge in [-0.3, -0.25) is 19.2 Å². The average molecular weight is 329 g/mol. The average Bonchev–Trinajstić information content (AvgIpc) is 3.14. The van der Waals surface area contributed by atoms with E-state index in [1.807, 2.05) is 0 Å². The standard InChI is InChI=1S/C14H19NO8/c1-6(16)15-12-10(21-7(2)17)11(22-8(3)18)13(23-9(4)19)14(12)5-20-14/h10-13H,5H2,1-4H3,(H,15,16)/t10-,11+,12+,13+,14+/m0/s1. The summed E-state index contributed by atoms with van der Waals surface area (Å²) in [5.74, 6) is -2.25. The molecule has 0 aromatic carbocycles. The Kier molecular flexibility index (Phi) is 4.60. The van der Waals surface area contributed by atoms with Gasteiger partial charge in [-0.15, -0.1) is 0 Å². The summed E-state index contributed by atoms with van der Waals surface area (Å²) >= 11 is 0. The molecule has 1 aliphatic heterocycles. The minimum atomic E-state index is -1.07. The molecule has 5 atom stereocenters. The number of hydrogen-bond donors (Lipinski definition) is 1. The van der Waals surface area contributed by atoms with Crippen LogP contribution in [0.2, 0.25) is 0 Å². The highest BCUT2D eigenvalue weighted by Gasteiger charge is 2.73. The van der Waals surface area contributed by atoms with Crippen LogP contribution in [0.4, 0.5) is 0 Å². The van der Waals surface area contributed by atoms with E-state index in [0.29, 0.717) is 0 Å². The van der Waals surface area contributed by atoms with Gasteiger partial charge in [0.05, 0.1) is 6.61 Å². The summed E-state index contributed by atoms with van der Waals surface area (Å²) in [6.07, 6.45) is -3.07. The van der Waals surface area contributed by atoms with E-state index in [2.05, 4.69) is 5.32 Å². The zero-order valence-corrected chi connectivity index (χ0v) is 13.3. The summed E-state index contributed by atoms with van der Waals surface area (Å²) in [7, 11) is 0. The second-order valence-electron chi connectivity index (χ2n) is 5.60. The van der Waals surface area contributed by atoms with E-state index in [-0.39, 0.29) is 12.5 Å². The molecule has 23 heavy (non-hydrogen) atoms. The molecular weight excluding hydrogens is 310 g/mol. The van der Waals surface area contributed by atoms with Crippen LogP contribution >= 0.6 is 0 Å². The minimum absolute atomic E-state index is 0.172. The zero-order valence-electron chi connectivity index (χ0n) is 13.3. The van der Waals surface area contributed by atoms with Crippen LogP contribution in [0.1, 0.15) is 27.7 Å². The molecule has 9 heteroatoms. The topological polar surface area (TPSA) is 121 Å². The van der Waals surface area contributed by atoms with Crippen molar-refractivity contribution in [2.75, 3.05) is 6.61 Å². The first-order chi connectivity index (χ1) is 10.7. The van der Waals surface area contributed by atoms with Gasteiger partial charge in [-0.05, 0) is 0 Å². The van der Waals surface area contributed by atoms with Crippen molar-refractivity contribution in [3.8, 4) is 0 Å². The second-order valence-corrected chi connectivity index (χ2v) is 5.60. The van der Waals surface area contributed by atoms with E-state index >= 15 is 0 Å². The smallest absolute Gasteiger partial charge is 0.303 e. The molecular formula is C14H19NO8. The van der Waals surface area contributed by atoms with Crippen molar-refractivity contribution in [3.63, 3.8) is 0 Å². The van der Waals surface area contributed by atoms with Crippen molar-refractivity contribution < 1.29 is 38.1 Å². The Morgan fingerprint density at radius 1 is 0.913 bits per heavy atom. The maximum absolute atomic E-state index is 11.5. The lowest BCUT2D eigenvalue weighted by molar-refractivity contribution is -0.176. The number of carbonyl (C=O) groups is 4. The van der Waals surface area contributed by atoms with Crippen molar-refractivity contribution >= 4 is 23.8 Å². The Balaban J connectivity index is 2.39. The molecule has 1 saturated carbocycles. The molecule has 1 N–H and O–H groups in total. The highest BCUT2D eigenvalue weighted by Crippen LogP contribution is 2.48. The first kappa shape index (κ1) is 17.2. The summed E-state index contributed by atoms with van der Waals surface area (Å²) in [5.41, 5.74) is -1.07. The van der Waals surface area contributed by atoms with Crippen LogP contribution in [0.25, 0.3) is 0 Å².